The molecule has 0 N–H and O–H groups in total. The standard InChI is InChI=1S/C18H19ClF3N3O6/c1-3-4-8-30-14(26)7-9-29-13-10-11(5-6-12(13)25(27)28)31-17-15(19)16(18(20,21)22)24(2)23-17/h5-6,10H,3-4,7-9H2,1-2H3. The van der Waals surface area contributed by atoms with E-state index in [-0.39, 0.29) is 31.1 Å². The predicted molar refractivity (Wildman–Crippen MR) is 102 cm³/mol. The van der Waals surface area contributed by atoms with Gasteiger partial charge in [0, 0.05) is 19.2 Å². The summed E-state index contributed by atoms with van der Waals surface area (Å²) in [4.78, 5) is 22.1. The number of hydrogen-bond acceptors (Lipinski definition) is 7. The average Bonchev–Trinajstić information content (AvgIpc) is 2.95. The van der Waals surface area contributed by atoms with E-state index < -0.39 is 39.4 Å². The first-order valence-electron chi connectivity index (χ1n) is 9.09. The first-order valence-corrected chi connectivity index (χ1v) is 9.46. The summed E-state index contributed by atoms with van der Waals surface area (Å²) < 4.78 is 55.2. The van der Waals surface area contributed by atoms with E-state index in [4.69, 9.17) is 25.8 Å². The molecule has 1 heterocycles. The Labute approximate surface area is 179 Å². The Bertz CT molecular complexity index is 948. The molecule has 0 bridgehead atoms. The predicted octanol–water partition coefficient (Wildman–Crippen LogP) is 4.91. The second-order valence-corrected chi connectivity index (χ2v) is 6.63. The minimum atomic E-state index is -4.75. The number of aryl methyl sites for hydroxylation is 1. The van der Waals surface area contributed by atoms with Crippen LogP contribution in [-0.2, 0) is 22.8 Å². The van der Waals surface area contributed by atoms with Crippen molar-refractivity contribution in [3.8, 4) is 17.4 Å². The number of nitrogens with zero attached hydrogens (tertiary/aromatic N) is 3. The van der Waals surface area contributed by atoms with Gasteiger partial charge in [0.15, 0.2) is 5.69 Å². The molecule has 9 nitrogen and oxygen atoms in total. The number of halogens is 4. The summed E-state index contributed by atoms with van der Waals surface area (Å²) in [5.41, 5.74) is -1.63. The van der Waals surface area contributed by atoms with Crippen molar-refractivity contribution >= 4 is 23.3 Å². The zero-order valence-corrected chi connectivity index (χ0v) is 17.3. The molecule has 13 heteroatoms. The number of ether oxygens (including phenoxy) is 3. The minimum absolute atomic E-state index is 0.0974. The second-order valence-electron chi connectivity index (χ2n) is 6.25. The Kier molecular flexibility index (Phi) is 8.08. The quantitative estimate of drug-likeness (QED) is 0.212. The van der Waals surface area contributed by atoms with Gasteiger partial charge in [-0.3, -0.25) is 19.6 Å². The second kappa shape index (κ2) is 10.3. The summed E-state index contributed by atoms with van der Waals surface area (Å²) in [7, 11) is 1.05. The first kappa shape index (κ1) is 24.3. The van der Waals surface area contributed by atoms with E-state index in [9.17, 15) is 28.1 Å². The molecule has 0 radical (unpaired) electrons. The molecule has 0 atom stereocenters. The lowest BCUT2D eigenvalue weighted by Crippen LogP contribution is -2.12. The van der Waals surface area contributed by atoms with Gasteiger partial charge >= 0.3 is 17.8 Å². The number of aromatic nitrogens is 2. The minimum Gasteiger partial charge on any atom is -0.486 e. The number of carbonyl (C=O) groups is 1. The van der Waals surface area contributed by atoms with Gasteiger partial charge in [-0.15, -0.1) is 5.10 Å². The molecule has 0 aliphatic carbocycles. The van der Waals surface area contributed by atoms with Crippen LogP contribution in [0.4, 0.5) is 18.9 Å². The summed E-state index contributed by atoms with van der Waals surface area (Å²) in [5.74, 6) is -1.40. The van der Waals surface area contributed by atoms with E-state index in [0.717, 1.165) is 31.7 Å². The Morgan fingerprint density at radius 1 is 1.32 bits per heavy atom. The van der Waals surface area contributed by atoms with Gasteiger partial charge in [0.2, 0.25) is 5.75 Å². The Hall–Kier alpha value is -3.02. The molecule has 0 spiro atoms. The van der Waals surface area contributed by atoms with Gasteiger partial charge in [-0.2, -0.15) is 13.2 Å². The van der Waals surface area contributed by atoms with Crippen molar-refractivity contribution in [3.63, 3.8) is 0 Å². The van der Waals surface area contributed by atoms with Crippen molar-refractivity contribution in [3.05, 3.63) is 39.0 Å². The van der Waals surface area contributed by atoms with Crippen LogP contribution in [0.25, 0.3) is 0 Å². The molecule has 2 aromatic rings. The third kappa shape index (κ3) is 6.48. The van der Waals surface area contributed by atoms with Crippen LogP contribution in [0.2, 0.25) is 5.02 Å². The van der Waals surface area contributed by atoms with Gasteiger partial charge < -0.3 is 14.2 Å². The van der Waals surface area contributed by atoms with Crippen molar-refractivity contribution in [1.29, 1.82) is 0 Å². The highest BCUT2D eigenvalue weighted by Gasteiger charge is 2.39. The van der Waals surface area contributed by atoms with E-state index in [0.29, 0.717) is 11.1 Å². The fourth-order valence-electron chi connectivity index (χ4n) is 2.43. The number of alkyl halides is 3. The zero-order chi connectivity index (χ0) is 23.2. The summed E-state index contributed by atoms with van der Waals surface area (Å²) in [6.07, 6.45) is -3.33. The zero-order valence-electron chi connectivity index (χ0n) is 16.6. The van der Waals surface area contributed by atoms with Gasteiger partial charge in [0.25, 0.3) is 5.88 Å². The lowest BCUT2D eigenvalue weighted by Gasteiger charge is -2.09. The highest BCUT2D eigenvalue weighted by molar-refractivity contribution is 6.32. The molecular weight excluding hydrogens is 447 g/mol. The van der Waals surface area contributed by atoms with Crippen molar-refractivity contribution in [2.75, 3.05) is 13.2 Å². The summed E-state index contributed by atoms with van der Waals surface area (Å²) in [6.45, 7) is 1.99. The van der Waals surface area contributed by atoms with Gasteiger partial charge in [0.1, 0.15) is 10.8 Å². The molecule has 31 heavy (non-hydrogen) atoms. The van der Waals surface area contributed by atoms with Crippen molar-refractivity contribution < 1.29 is 37.1 Å². The van der Waals surface area contributed by atoms with Gasteiger partial charge in [-0.25, -0.2) is 0 Å². The molecule has 0 saturated carbocycles. The number of hydrogen-bond donors (Lipinski definition) is 0. The topological polar surface area (TPSA) is 106 Å². The molecule has 0 unspecified atom stereocenters. The summed E-state index contributed by atoms with van der Waals surface area (Å²) in [5, 5.41) is 14.0. The molecule has 0 amide bonds. The van der Waals surface area contributed by atoms with Crippen LogP contribution in [0.15, 0.2) is 18.2 Å². The van der Waals surface area contributed by atoms with Crippen molar-refractivity contribution in [1.82, 2.24) is 9.78 Å². The number of benzene rings is 1. The Morgan fingerprint density at radius 2 is 2.03 bits per heavy atom. The fraction of sp³-hybridized carbons (Fsp3) is 0.444. The lowest BCUT2D eigenvalue weighted by atomic mass is 10.2. The maximum Gasteiger partial charge on any atom is 0.434 e. The monoisotopic (exact) mass is 465 g/mol. The largest absolute Gasteiger partial charge is 0.486 e. The Balaban J connectivity index is 2.15. The maximum absolute atomic E-state index is 13.0. The maximum atomic E-state index is 13.0. The number of nitro groups is 1. The third-order valence-electron chi connectivity index (χ3n) is 3.90. The summed E-state index contributed by atoms with van der Waals surface area (Å²) >= 11 is 5.74. The molecular formula is C18H19ClF3N3O6. The lowest BCUT2D eigenvalue weighted by molar-refractivity contribution is -0.385. The normalized spacial score (nSPS) is 11.3. The van der Waals surface area contributed by atoms with Crippen LogP contribution in [-0.4, -0.2) is 33.9 Å². The van der Waals surface area contributed by atoms with Gasteiger partial charge in [-0.05, 0) is 12.5 Å². The van der Waals surface area contributed by atoms with Crippen LogP contribution in [0, 0.1) is 10.1 Å². The fourth-order valence-corrected chi connectivity index (χ4v) is 2.74. The third-order valence-corrected chi connectivity index (χ3v) is 4.24. The Morgan fingerprint density at radius 3 is 2.61 bits per heavy atom. The molecule has 0 aliphatic rings. The van der Waals surface area contributed by atoms with Gasteiger partial charge in [0.05, 0.1) is 24.6 Å². The smallest absolute Gasteiger partial charge is 0.434 e. The average molecular weight is 466 g/mol. The van der Waals surface area contributed by atoms with Crippen LogP contribution in [0.5, 0.6) is 17.4 Å². The first-order chi connectivity index (χ1) is 14.5. The number of rotatable bonds is 10. The highest BCUT2D eigenvalue weighted by Crippen LogP contribution is 2.41. The number of unbranched alkanes of at least 4 members (excludes halogenated alkanes) is 1. The molecule has 0 aliphatic heterocycles. The number of carbonyl (C=O) groups excluding carboxylic acids is 1. The van der Waals surface area contributed by atoms with Gasteiger partial charge in [-0.1, -0.05) is 24.9 Å². The van der Waals surface area contributed by atoms with Crippen LogP contribution in [0.3, 0.4) is 0 Å². The van der Waals surface area contributed by atoms with E-state index in [1.165, 1.54) is 0 Å². The van der Waals surface area contributed by atoms with E-state index in [2.05, 4.69) is 5.10 Å². The number of esters is 1. The molecule has 1 aromatic heterocycles. The van der Waals surface area contributed by atoms with E-state index in [1.807, 2.05) is 6.92 Å². The SMILES string of the molecule is CCCCOC(=O)CCOc1cc(Oc2nn(C)c(C(F)(F)F)c2Cl)ccc1[N+](=O)[O-]. The molecule has 0 fully saturated rings. The highest BCUT2D eigenvalue weighted by atomic mass is 35.5. The van der Waals surface area contributed by atoms with Crippen molar-refractivity contribution in [2.24, 2.45) is 7.05 Å². The number of nitro benzene ring substituents is 1. The van der Waals surface area contributed by atoms with Crippen LogP contribution >= 0.6 is 11.6 Å². The molecule has 170 valence electrons. The van der Waals surface area contributed by atoms with E-state index in [1.54, 1.807) is 0 Å². The summed E-state index contributed by atoms with van der Waals surface area (Å²) in [6, 6.07) is 3.30. The molecule has 0 saturated heterocycles. The molecule has 1 aromatic carbocycles. The van der Waals surface area contributed by atoms with Crippen LogP contribution < -0.4 is 9.47 Å². The van der Waals surface area contributed by atoms with Crippen molar-refractivity contribution in [2.45, 2.75) is 32.4 Å². The molecule has 2 rings (SSSR count). The van der Waals surface area contributed by atoms with Crippen LogP contribution in [0.1, 0.15) is 31.9 Å². The van der Waals surface area contributed by atoms with E-state index >= 15 is 0 Å².